The summed E-state index contributed by atoms with van der Waals surface area (Å²) in [6.07, 6.45) is -0.851. The third-order valence-electron chi connectivity index (χ3n) is 3.88. The maximum Gasteiger partial charge on any atom is 0.349 e. The van der Waals surface area contributed by atoms with Crippen LogP contribution >= 0.6 is 22.7 Å². The van der Waals surface area contributed by atoms with Gasteiger partial charge >= 0.3 is 5.97 Å². The summed E-state index contributed by atoms with van der Waals surface area (Å²) in [4.78, 5) is 26.2. The van der Waals surface area contributed by atoms with Crippen molar-refractivity contribution in [3.8, 4) is 11.1 Å². The van der Waals surface area contributed by atoms with Gasteiger partial charge in [0.1, 0.15) is 4.88 Å². The van der Waals surface area contributed by atoms with Crippen LogP contribution in [-0.4, -0.2) is 18.0 Å². The molecule has 2 heterocycles. The molecule has 3 rings (SSSR count). The van der Waals surface area contributed by atoms with Gasteiger partial charge in [-0.3, -0.25) is 4.79 Å². The van der Waals surface area contributed by atoms with E-state index in [-0.39, 0.29) is 5.91 Å². The summed E-state index contributed by atoms with van der Waals surface area (Å²) in [5, 5.41) is 6.59. The number of esters is 1. The molecule has 1 N–H and O–H groups in total. The first-order valence-corrected chi connectivity index (χ1v) is 9.96. The molecule has 0 saturated heterocycles. The van der Waals surface area contributed by atoms with E-state index in [1.54, 1.807) is 18.3 Å². The number of aryl methyl sites for hydroxylation is 1. The summed E-state index contributed by atoms with van der Waals surface area (Å²) in [7, 11) is 0. The molecule has 3 aromatic rings. The fraction of sp³-hybridized carbons (Fsp3) is 0.200. The summed E-state index contributed by atoms with van der Waals surface area (Å²) in [5.41, 5.74) is 2.94. The molecule has 0 fully saturated rings. The zero-order valence-electron chi connectivity index (χ0n) is 14.5. The van der Waals surface area contributed by atoms with Crippen LogP contribution < -0.4 is 5.32 Å². The van der Waals surface area contributed by atoms with Crippen LogP contribution in [0.15, 0.2) is 53.2 Å². The molecule has 0 radical (unpaired) electrons. The minimum absolute atomic E-state index is 0.305. The summed E-state index contributed by atoms with van der Waals surface area (Å²) >= 11 is 2.89. The van der Waals surface area contributed by atoms with Gasteiger partial charge in [0.15, 0.2) is 6.10 Å². The van der Waals surface area contributed by atoms with Crippen molar-refractivity contribution in [3.63, 3.8) is 0 Å². The van der Waals surface area contributed by atoms with Gasteiger partial charge in [-0.25, -0.2) is 4.79 Å². The van der Waals surface area contributed by atoms with E-state index in [1.165, 1.54) is 11.3 Å². The predicted octanol–water partition coefficient (Wildman–Crippen LogP) is 4.65. The molecule has 0 unspecified atom stereocenters. The van der Waals surface area contributed by atoms with Gasteiger partial charge in [-0.2, -0.15) is 0 Å². The SMILES string of the molecule is Cc1ccc(-c2ccsc2C(=O)O[C@H](C)C(=O)NCc2cccs2)cc1. The van der Waals surface area contributed by atoms with Crippen molar-refractivity contribution in [2.45, 2.75) is 26.5 Å². The fourth-order valence-corrected chi connectivity index (χ4v) is 3.87. The molecule has 4 nitrogen and oxygen atoms in total. The van der Waals surface area contributed by atoms with E-state index in [2.05, 4.69) is 5.32 Å². The number of benzene rings is 1. The van der Waals surface area contributed by atoms with E-state index in [0.717, 1.165) is 21.6 Å². The van der Waals surface area contributed by atoms with Crippen molar-refractivity contribution in [1.82, 2.24) is 5.32 Å². The molecule has 1 atom stereocenters. The molecule has 0 aliphatic rings. The standard InChI is InChI=1S/C20H19NO3S2/c1-13-5-7-15(8-6-13)17-9-11-26-18(17)20(23)24-14(2)19(22)21-12-16-4-3-10-25-16/h3-11,14H,12H2,1-2H3,(H,21,22)/t14-/m1/s1. The van der Waals surface area contributed by atoms with Gasteiger partial charge in [0, 0.05) is 10.4 Å². The summed E-state index contributed by atoms with van der Waals surface area (Å²) in [6, 6.07) is 13.7. The number of thiophene rings is 2. The van der Waals surface area contributed by atoms with Crippen molar-refractivity contribution in [1.29, 1.82) is 0 Å². The minimum atomic E-state index is -0.851. The zero-order valence-corrected chi connectivity index (χ0v) is 16.2. The van der Waals surface area contributed by atoms with E-state index in [9.17, 15) is 9.59 Å². The Kier molecular flexibility index (Phi) is 5.85. The van der Waals surface area contributed by atoms with E-state index in [4.69, 9.17) is 4.74 Å². The third kappa shape index (κ3) is 4.39. The Bertz CT molecular complexity index is 882. The highest BCUT2D eigenvalue weighted by molar-refractivity contribution is 7.12. The van der Waals surface area contributed by atoms with Crippen LogP contribution in [0.5, 0.6) is 0 Å². The fourth-order valence-electron chi connectivity index (χ4n) is 2.43. The normalized spacial score (nSPS) is 11.8. The highest BCUT2D eigenvalue weighted by Gasteiger charge is 2.22. The number of rotatable bonds is 6. The molecule has 134 valence electrons. The molecule has 0 saturated carbocycles. The van der Waals surface area contributed by atoms with Gasteiger partial charge in [0.2, 0.25) is 0 Å². The van der Waals surface area contributed by atoms with Crippen LogP contribution in [0.3, 0.4) is 0 Å². The summed E-state index contributed by atoms with van der Waals surface area (Å²) in [5.74, 6) is -0.783. The van der Waals surface area contributed by atoms with Crippen molar-refractivity contribution in [2.75, 3.05) is 0 Å². The number of nitrogens with one attached hydrogen (secondary N) is 1. The Morgan fingerprint density at radius 3 is 2.54 bits per heavy atom. The zero-order chi connectivity index (χ0) is 18.5. The largest absolute Gasteiger partial charge is 0.448 e. The lowest BCUT2D eigenvalue weighted by atomic mass is 10.1. The maximum absolute atomic E-state index is 12.5. The average Bonchev–Trinajstić information content (AvgIpc) is 3.32. The molecule has 6 heteroatoms. The Labute approximate surface area is 160 Å². The molecule has 2 aromatic heterocycles. The van der Waals surface area contributed by atoms with Crippen molar-refractivity contribution < 1.29 is 14.3 Å². The minimum Gasteiger partial charge on any atom is -0.448 e. The van der Waals surface area contributed by atoms with Gasteiger partial charge in [-0.15, -0.1) is 22.7 Å². The smallest absolute Gasteiger partial charge is 0.349 e. The highest BCUT2D eigenvalue weighted by Crippen LogP contribution is 2.29. The molecular formula is C20H19NO3S2. The van der Waals surface area contributed by atoms with Gasteiger partial charge in [0.25, 0.3) is 5.91 Å². The first-order valence-electron chi connectivity index (χ1n) is 8.20. The van der Waals surface area contributed by atoms with E-state index in [0.29, 0.717) is 11.4 Å². The van der Waals surface area contributed by atoms with Gasteiger partial charge in [-0.05, 0) is 42.3 Å². The topological polar surface area (TPSA) is 55.4 Å². The molecule has 1 aromatic carbocycles. The van der Waals surface area contributed by atoms with Crippen LogP contribution in [-0.2, 0) is 16.1 Å². The quantitative estimate of drug-likeness (QED) is 0.629. The van der Waals surface area contributed by atoms with E-state index in [1.807, 2.05) is 60.1 Å². The van der Waals surface area contributed by atoms with E-state index < -0.39 is 12.1 Å². The second-order valence-electron chi connectivity index (χ2n) is 5.87. The number of carbonyl (C=O) groups is 2. The van der Waals surface area contributed by atoms with Crippen molar-refractivity contribution >= 4 is 34.6 Å². The van der Waals surface area contributed by atoms with Crippen LogP contribution in [0, 0.1) is 6.92 Å². The molecule has 1 amide bonds. The summed E-state index contributed by atoms with van der Waals surface area (Å²) in [6.45, 7) is 4.04. The second kappa shape index (κ2) is 8.29. The number of hydrogen-bond donors (Lipinski definition) is 1. The lowest BCUT2D eigenvalue weighted by molar-refractivity contribution is -0.129. The first kappa shape index (κ1) is 18.4. The Balaban J connectivity index is 1.63. The van der Waals surface area contributed by atoms with Gasteiger partial charge in [-0.1, -0.05) is 35.9 Å². The third-order valence-corrected chi connectivity index (χ3v) is 5.65. The molecule has 0 aliphatic heterocycles. The predicted molar refractivity (Wildman–Crippen MR) is 106 cm³/mol. The van der Waals surface area contributed by atoms with Crippen LogP contribution in [0.25, 0.3) is 11.1 Å². The Hall–Kier alpha value is -2.44. The van der Waals surface area contributed by atoms with Crippen molar-refractivity contribution in [3.05, 3.63) is 68.5 Å². The van der Waals surface area contributed by atoms with Crippen molar-refractivity contribution in [2.24, 2.45) is 0 Å². The highest BCUT2D eigenvalue weighted by atomic mass is 32.1. The Morgan fingerprint density at radius 2 is 1.85 bits per heavy atom. The summed E-state index contributed by atoms with van der Waals surface area (Å²) < 4.78 is 5.38. The maximum atomic E-state index is 12.5. The number of hydrogen-bond acceptors (Lipinski definition) is 5. The van der Waals surface area contributed by atoms with E-state index >= 15 is 0 Å². The lowest BCUT2D eigenvalue weighted by Crippen LogP contribution is -2.35. The molecule has 0 aliphatic carbocycles. The molecule has 0 bridgehead atoms. The first-order chi connectivity index (χ1) is 12.5. The number of ether oxygens (including phenoxy) is 1. The van der Waals surface area contributed by atoms with Crippen LogP contribution in [0.1, 0.15) is 27.0 Å². The number of carbonyl (C=O) groups excluding carboxylic acids is 2. The Morgan fingerprint density at radius 1 is 1.08 bits per heavy atom. The van der Waals surface area contributed by atoms with Crippen LogP contribution in [0.4, 0.5) is 0 Å². The molecule has 26 heavy (non-hydrogen) atoms. The average molecular weight is 386 g/mol. The monoisotopic (exact) mass is 385 g/mol. The van der Waals surface area contributed by atoms with Gasteiger partial charge < -0.3 is 10.1 Å². The number of amides is 1. The molecule has 0 spiro atoms. The second-order valence-corrected chi connectivity index (χ2v) is 7.82. The van der Waals surface area contributed by atoms with Gasteiger partial charge in [0.05, 0.1) is 6.54 Å². The molecular weight excluding hydrogens is 366 g/mol. The van der Waals surface area contributed by atoms with Crippen LogP contribution in [0.2, 0.25) is 0 Å². The lowest BCUT2D eigenvalue weighted by Gasteiger charge is -2.13.